The summed E-state index contributed by atoms with van der Waals surface area (Å²) in [5.74, 6) is -0.177. The van der Waals surface area contributed by atoms with E-state index < -0.39 is 6.04 Å². The number of carbonyl (C=O) groups excluding carboxylic acids is 3. The van der Waals surface area contributed by atoms with Gasteiger partial charge in [-0.2, -0.15) is 0 Å². The Morgan fingerprint density at radius 2 is 1.68 bits per heavy atom. The number of amides is 3. The molecule has 0 bridgehead atoms. The van der Waals surface area contributed by atoms with E-state index in [1.54, 1.807) is 48.4 Å². The second-order valence-corrected chi connectivity index (χ2v) is 7.29. The van der Waals surface area contributed by atoms with Crippen molar-refractivity contribution in [1.82, 2.24) is 4.90 Å². The molecule has 1 aliphatic heterocycles. The molecule has 2 aromatic rings. The summed E-state index contributed by atoms with van der Waals surface area (Å²) in [6, 6.07) is 13.3. The number of carbonyl (C=O) groups is 3. The number of anilines is 1. The van der Waals surface area contributed by atoms with E-state index in [0.29, 0.717) is 17.0 Å². The zero-order valence-corrected chi connectivity index (χ0v) is 15.9. The molecule has 6 heteroatoms. The minimum atomic E-state index is -0.754. The van der Waals surface area contributed by atoms with Crippen molar-refractivity contribution >= 4 is 23.4 Å². The summed E-state index contributed by atoms with van der Waals surface area (Å²) in [4.78, 5) is 41.7. The first-order valence-electron chi connectivity index (χ1n) is 9.40. The smallest absolute Gasteiger partial charge is 0.257 e. The molecule has 1 unspecified atom stereocenters. The number of aryl methyl sites for hydroxylation is 1. The van der Waals surface area contributed by atoms with Crippen molar-refractivity contribution < 1.29 is 19.1 Å². The van der Waals surface area contributed by atoms with Crippen LogP contribution in [0.4, 0.5) is 5.69 Å². The Bertz CT molecular complexity index is 917. The van der Waals surface area contributed by atoms with Gasteiger partial charge in [-0.05, 0) is 56.2 Å². The number of rotatable bonds is 5. The van der Waals surface area contributed by atoms with Gasteiger partial charge < -0.3 is 9.64 Å². The number of ether oxygens (including phenoxy) is 1. The highest BCUT2D eigenvalue weighted by Crippen LogP contribution is 2.35. The van der Waals surface area contributed by atoms with Crippen molar-refractivity contribution in [2.45, 2.75) is 38.3 Å². The Hall–Kier alpha value is -3.15. The van der Waals surface area contributed by atoms with Crippen LogP contribution in [0, 0.1) is 6.92 Å². The van der Waals surface area contributed by atoms with Crippen LogP contribution >= 0.6 is 0 Å². The van der Waals surface area contributed by atoms with E-state index in [0.717, 1.165) is 18.4 Å². The molecule has 0 aromatic heterocycles. The number of benzene rings is 2. The minimum Gasteiger partial charge on any atom is -0.497 e. The highest BCUT2D eigenvalue weighted by Gasteiger charge is 2.48. The maximum absolute atomic E-state index is 13.1. The van der Waals surface area contributed by atoms with Crippen molar-refractivity contribution in [3.8, 4) is 5.75 Å². The van der Waals surface area contributed by atoms with Gasteiger partial charge in [0.25, 0.3) is 11.8 Å². The molecule has 28 heavy (non-hydrogen) atoms. The van der Waals surface area contributed by atoms with E-state index in [-0.39, 0.29) is 30.2 Å². The molecule has 0 radical (unpaired) electrons. The number of hydrogen-bond donors (Lipinski definition) is 0. The maximum atomic E-state index is 13.1. The molecule has 2 fully saturated rings. The second-order valence-electron chi connectivity index (χ2n) is 7.29. The van der Waals surface area contributed by atoms with Crippen molar-refractivity contribution in [3.63, 3.8) is 0 Å². The molecule has 6 nitrogen and oxygen atoms in total. The first kappa shape index (κ1) is 18.2. The van der Waals surface area contributed by atoms with Crippen LogP contribution in [-0.4, -0.2) is 41.8 Å². The van der Waals surface area contributed by atoms with E-state index in [1.807, 2.05) is 19.1 Å². The predicted octanol–water partition coefficient (Wildman–Crippen LogP) is 2.94. The van der Waals surface area contributed by atoms with Gasteiger partial charge in [0.15, 0.2) is 0 Å². The Morgan fingerprint density at radius 3 is 2.25 bits per heavy atom. The lowest BCUT2D eigenvalue weighted by molar-refractivity contribution is -0.122. The average molecular weight is 378 g/mol. The third-order valence-corrected chi connectivity index (χ3v) is 5.26. The molecule has 2 aromatic carbocycles. The Balaban J connectivity index is 1.61. The van der Waals surface area contributed by atoms with Gasteiger partial charge in [0.2, 0.25) is 5.91 Å². The molecule has 4 rings (SSSR count). The zero-order valence-electron chi connectivity index (χ0n) is 15.9. The van der Waals surface area contributed by atoms with Crippen LogP contribution in [0.25, 0.3) is 0 Å². The van der Waals surface area contributed by atoms with Crippen molar-refractivity contribution in [2.24, 2.45) is 0 Å². The first-order chi connectivity index (χ1) is 13.5. The van der Waals surface area contributed by atoms with Crippen LogP contribution < -0.4 is 9.64 Å². The Kier molecular flexibility index (Phi) is 4.63. The first-order valence-corrected chi connectivity index (χ1v) is 9.40. The molecule has 1 saturated carbocycles. The molecular formula is C22H22N2O4. The topological polar surface area (TPSA) is 66.9 Å². The molecular weight excluding hydrogens is 356 g/mol. The lowest BCUT2D eigenvalue weighted by atomic mass is 10.1. The average Bonchev–Trinajstić information content (AvgIpc) is 3.49. The van der Waals surface area contributed by atoms with Gasteiger partial charge in [-0.15, -0.1) is 0 Å². The molecule has 3 amide bonds. The van der Waals surface area contributed by atoms with E-state index in [2.05, 4.69) is 0 Å². The minimum absolute atomic E-state index is 0.0129. The van der Waals surface area contributed by atoms with Gasteiger partial charge in [0.05, 0.1) is 19.2 Å². The van der Waals surface area contributed by atoms with Crippen molar-refractivity contribution in [3.05, 3.63) is 59.7 Å². The quantitative estimate of drug-likeness (QED) is 0.751. The van der Waals surface area contributed by atoms with Crippen LogP contribution in [0.1, 0.15) is 35.2 Å². The van der Waals surface area contributed by atoms with E-state index >= 15 is 0 Å². The molecule has 1 heterocycles. The largest absolute Gasteiger partial charge is 0.497 e. The van der Waals surface area contributed by atoms with E-state index in [4.69, 9.17) is 4.74 Å². The van der Waals surface area contributed by atoms with Gasteiger partial charge in [-0.1, -0.05) is 17.7 Å². The summed E-state index contributed by atoms with van der Waals surface area (Å²) in [7, 11) is 1.56. The van der Waals surface area contributed by atoms with Gasteiger partial charge in [0.1, 0.15) is 11.8 Å². The second kappa shape index (κ2) is 7.11. The summed E-state index contributed by atoms with van der Waals surface area (Å²) >= 11 is 0. The lowest BCUT2D eigenvalue weighted by Gasteiger charge is -2.27. The third-order valence-electron chi connectivity index (χ3n) is 5.26. The number of nitrogens with zero attached hydrogens (tertiary/aromatic N) is 2. The van der Waals surface area contributed by atoms with Gasteiger partial charge >= 0.3 is 0 Å². The normalized spacial score (nSPS) is 19.1. The molecule has 0 spiro atoms. The standard InChI is InChI=1S/C22H22N2O4/c1-14-3-5-15(6-4-14)21(26)23(16-7-8-16)19-13-20(25)24(22(19)27)17-9-11-18(28-2)12-10-17/h3-6,9-12,16,19H,7-8,13H2,1-2H3. The van der Waals surface area contributed by atoms with E-state index in [1.165, 1.54) is 4.90 Å². The highest BCUT2D eigenvalue weighted by atomic mass is 16.5. The van der Waals surface area contributed by atoms with Crippen LogP contribution in [0.15, 0.2) is 48.5 Å². The zero-order chi connectivity index (χ0) is 19.8. The van der Waals surface area contributed by atoms with Crippen molar-refractivity contribution in [1.29, 1.82) is 0 Å². The molecule has 1 aliphatic carbocycles. The number of imide groups is 1. The van der Waals surface area contributed by atoms with Crippen LogP contribution in [-0.2, 0) is 9.59 Å². The van der Waals surface area contributed by atoms with Gasteiger partial charge in [-0.3, -0.25) is 14.4 Å². The summed E-state index contributed by atoms with van der Waals surface area (Å²) in [6.45, 7) is 1.96. The third kappa shape index (κ3) is 3.26. The molecule has 1 atom stereocenters. The summed E-state index contributed by atoms with van der Waals surface area (Å²) in [6.07, 6.45) is 1.73. The predicted molar refractivity (Wildman–Crippen MR) is 104 cm³/mol. The SMILES string of the molecule is COc1ccc(N2C(=O)CC(N(C(=O)c3ccc(C)cc3)C3CC3)C2=O)cc1. The molecule has 1 saturated heterocycles. The molecule has 144 valence electrons. The van der Waals surface area contributed by atoms with Crippen molar-refractivity contribution in [2.75, 3.05) is 12.0 Å². The summed E-state index contributed by atoms with van der Waals surface area (Å²) in [5.41, 5.74) is 2.10. The Labute approximate surface area is 163 Å². The molecule has 0 N–H and O–H groups in total. The fraction of sp³-hybridized carbons (Fsp3) is 0.318. The number of hydrogen-bond acceptors (Lipinski definition) is 4. The monoisotopic (exact) mass is 378 g/mol. The number of methoxy groups -OCH3 is 1. The summed E-state index contributed by atoms with van der Waals surface area (Å²) in [5, 5.41) is 0. The highest BCUT2D eigenvalue weighted by molar-refractivity contribution is 6.23. The van der Waals surface area contributed by atoms with Gasteiger partial charge in [0, 0.05) is 11.6 Å². The lowest BCUT2D eigenvalue weighted by Crippen LogP contribution is -2.46. The van der Waals surface area contributed by atoms with Crippen LogP contribution in [0.3, 0.4) is 0 Å². The fourth-order valence-electron chi connectivity index (χ4n) is 3.60. The fourth-order valence-corrected chi connectivity index (χ4v) is 3.60. The summed E-state index contributed by atoms with van der Waals surface area (Å²) < 4.78 is 5.13. The Morgan fingerprint density at radius 1 is 1.04 bits per heavy atom. The molecule has 2 aliphatic rings. The van der Waals surface area contributed by atoms with Crippen LogP contribution in [0.5, 0.6) is 5.75 Å². The maximum Gasteiger partial charge on any atom is 0.257 e. The van der Waals surface area contributed by atoms with Crippen LogP contribution in [0.2, 0.25) is 0 Å². The van der Waals surface area contributed by atoms with E-state index in [9.17, 15) is 14.4 Å². The van der Waals surface area contributed by atoms with Gasteiger partial charge in [-0.25, -0.2) is 4.90 Å².